The van der Waals surface area contributed by atoms with Crippen LogP contribution in [-0.4, -0.2) is 24.2 Å². The fourth-order valence-electron chi connectivity index (χ4n) is 2.97. The lowest BCUT2D eigenvalue weighted by Crippen LogP contribution is -2.22. The first kappa shape index (κ1) is 13.2. The first-order chi connectivity index (χ1) is 9.79. The van der Waals surface area contributed by atoms with E-state index in [2.05, 4.69) is 23.3 Å². The Morgan fingerprint density at radius 1 is 1.40 bits per heavy atom. The summed E-state index contributed by atoms with van der Waals surface area (Å²) in [5.74, 6) is 0.587. The Bertz CT molecular complexity index is 599. The molecule has 0 amide bonds. The summed E-state index contributed by atoms with van der Waals surface area (Å²) < 4.78 is 5.74. The van der Waals surface area contributed by atoms with Crippen LogP contribution in [0.15, 0.2) is 30.5 Å². The van der Waals surface area contributed by atoms with Gasteiger partial charge in [-0.3, -0.25) is 4.98 Å². The highest BCUT2D eigenvalue weighted by atomic mass is 16.5. The number of anilines is 2. The van der Waals surface area contributed by atoms with Crippen molar-refractivity contribution in [3.63, 3.8) is 0 Å². The maximum absolute atomic E-state index is 5.98. The third kappa shape index (κ3) is 2.43. The van der Waals surface area contributed by atoms with E-state index < -0.39 is 0 Å². The lowest BCUT2D eigenvalue weighted by atomic mass is 9.99. The van der Waals surface area contributed by atoms with Crippen LogP contribution in [0.2, 0.25) is 0 Å². The zero-order valence-corrected chi connectivity index (χ0v) is 11.8. The standard InChI is InChI=1S/C16H21N3O/c1-2-15-11(7-9-20-15)10-19-14-6-5-13(17)16-12(14)4-3-8-18-16/h3-6,8,11,15,19H,2,7,9-10,17H2,1H3. The monoisotopic (exact) mass is 271 g/mol. The van der Waals surface area contributed by atoms with Crippen LogP contribution < -0.4 is 11.1 Å². The molecule has 2 aromatic rings. The third-order valence-corrected chi connectivity index (χ3v) is 4.10. The van der Waals surface area contributed by atoms with Crippen LogP contribution in [0.3, 0.4) is 0 Å². The van der Waals surface area contributed by atoms with Gasteiger partial charge in [0.2, 0.25) is 0 Å². The van der Waals surface area contributed by atoms with E-state index >= 15 is 0 Å². The Morgan fingerprint density at radius 2 is 2.30 bits per heavy atom. The second-order valence-electron chi connectivity index (χ2n) is 5.35. The molecule has 3 rings (SSSR count). The topological polar surface area (TPSA) is 60.2 Å². The molecule has 20 heavy (non-hydrogen) atoms. The third-order valence-electron chi connectivity index (χ3n) is 4.10. The Balaban J connectivity index is 1.79. The van der Waals surface area contributed by atoms with E-state index in [0.717, 1.165) is 48.3 Å². The molecule has 1 aliphatic rings. The van der Waals surface area contributed by atoms with Gasteiger partial charge in [-0.1, -0.05) is 6.92 Å². The Hall–Kier alpha value is -1.81. The molecule has 0 saturated carbocycles. The second-order valence-corrected chi connectivity index (χ2v) is 5.35. The van der Waals surface area contributed by atoms with E-state index in [9.17, 15) is 0 Å². The van der Waals surface area contributed by atoms with Gasteiger partial charge in [0.1, 0.15) is 0 Å². The van der Waals surface area contributed by atoms with E-state index in [1.165, 1.54) is 0 Å². The molecule has 2 atom stereocenters. The quantitative estimate of drug-likeness (QED) is 0.839. The number of benzene rings is 1. The average Bonchev–Trinajstić information content (AvgIpc) is 2.94. The van der Waals surface area contributed by atoms with Crippen molar-refractivity contribution in [1.82, 2.24) is 4.98 Å². The van der Waals surface area contributed by atoms with Gasteiger partial charge in [-0.2, -0.15) is 0 Å². The van der Waals surface area contributed by atoms with E-state index in [1.54, 1.807) is 6.20 Å². The fourth-order valence-corrected chi connectivity index (χ4v) is 2.97. The number of aromatic nitrogens is 1. The Labute approximate surface area is 119 Å². The second kappa shape index (κ2) is 5.67. The Kier molecular flexibility index (Phi) is 3.74. The van der Waals surface area contributed by atoms with Crippen LogP contribution in [-0.2, 0) is 4.74 Å². The van der Waals surface area contributed by atoms with Crippen molar-refractivity contribution < 1.29 is 4.74 Å². The van der Waals surface area contributed by atoms with Gasteiger partial charge < -0.3 is 15.8 Å². The number of nitrogens with two attached hydrogens (primary N) is 1. The Morgan fingerprint density at radius 3 is 3.15 bits per heavy atom. The van der Waals surface area contributed by atoms with Crippen LogP contribution in [0.1, 0.15) is 19.8 Å². The summed E-state index contributed by atoms with van der Waals surface area (Å²) in [5.41, 5.74) is 8.67. The van der Waals surface area contributed by atoms with Gasteiger partial charge in [0.15, 0.2) is 0 Å². The van der Waals surface area contributed by atoms with Crippen molar-refractivity contribution >= 4 is 22.3 Å². The van der Waals surface area contributed by atoms with Crippen LogP contribution in [0.5, 0.6) is 0 Å². The number of fused-ring (bicyclic) bond motifs is 1. The van der Waals surface area contributed by atoms with Gasteiger partial charge in [-0.15, -0.1) is 0 Å². The molecule has 0 bridgehead atoms. The summed E-state index contributed by atoms with van der Waals surface area (Å²) in [7, 11) is 0. The number of ether oxygens (including phenoxy) is 1. The molecule has 0 radical (unpaired) electrons. The van der Waals surface area contributed by atoms with Crippen molar-refractivity contribution in [2.24, 2.45) is 5.92 Å². The van der Waals surface area contributed by atoms with Crippen molar-refractivity contribution in [3.8, 4) is 0 Å². The molecular formula is C16H21N3O. The number of nitrogens with one attached hydrogen (secondary N) is 1. The highest BCUT2D eigenvalue weighted by Gasteiger charge is 2.26. The molecule has 1 aromatic heterocycles. The van der Waals surface area contributed by atoms with Crippen molar-refractivity contribution in [2.75, 3.05) is 24.2 Å². The van der Waals surface area contributed by atoms with Gasteiger partial charge in [-0.25, -0.2) is 0 Å². The number of pyridine rings is 1. The lowest BCUT2D eigenvalue weighted by Gasteiger charge is -2.19. The SMILES string of the molecule is CCC1OCCC1CNc1ccc(N)c2ncccc12. The summed E-state index contributed by atoms with van der Waals surface area (Å²) >= 11 is 0. The van der Waals surface area contributed by atoms with Crippen LogP contribution >= 0.6 is 0 Å². The van der Waals surface area contributed by atoms with Gasteiger partial charge in [0.05, 0.1) is 17.3 Å². The lowest BCUT2D eigenvalue weighted by molar-refractivity contribution is 0.0900. The molecule has 4 nitrogen and oxygen atoms in total. The predicted octanol–water partition coefficient (Wildman–Crippen LogP) is 3.04. The smallest absolute Gasteiger partial charge is 0.0951 e. The number of hydrogen-bond donors (Lipinski definition) is 2. The first-order valence-electron chi connectivity index (χ1n) is 7.28. The van der Waals surface area contributed by atoms with Crippen molar-refractivity contribution in [3.05, 3.63) is 30.5 Å². The summed E-state index contributed by atoms with van der Waals surface area (Å²) in [5, 5.41) is 4.63. The molecule has 106 valence electrons. The normalized spacial score (nSPS) is 22.2. The predicted molar refractivity (Wildman–Crippen MR) is 82.8 cm³/mol. The molecule has 1 aliphatic heterocycles. The zero-order valence-electron chi connectivity index (χ0n) is 11.8. The van der Waals surface area contributed by atoms with Gasteiger partial charge >= 0.3 is 0 Å². The minimum atomic E-state index is 0.390. The maximum Gasteiger partial charge on any atom is 0.0951 e. The summed E-state index contributed by atoms with van der Waals surface area (Å²) in [6, 6.07) is 7.96. The number of nitrogen functional groups attached to an aromatic ring is 1. The molecule has 3 N–H and O–H groups in total. The number of hydrogen-bond acceptors (Lipinski definition) is 4. The average molecular weight is 271 g/mol. The van der Waals surface area contributed by atoms with Gasteiger partial charge in [-0.05, 0) is 37.1 Å². The molecule has 4 heteroatoms. The van der Waals surface area contributed by atoms with Crippen LogP contribution in [0.4, 0.5) is 11.4 Å². The van der Waals surface area contributed by atoms with E-state index in [0.29, 0.717) is 12.0 Å². The summed E-state index contributed by atoms with van der Waals surface area (Å²) in [6.07, 6.45) is 4.38. The van der Waals surface area contributed by atoms with E-state index in [4.69, 9.17) is 10.5 Å². The summed E-state index contributed by atoms with van der Waals surface area (Å²) in [6.45, 7) is 4.01. The first-order valence-corrected chi connectivity index (χ1v) is 7.28. The van der Waals surface area contributed by atoms with Crippen LogP contribution in [0, 0.1) is 5.92 Å². The van der Waals surface area contributed by atoms with Gasteiger partial charge in [0, 0.05) is 36.3 Å². The number of nitrogens with zero attached hydrogens (tertiary/aromatic N) is 1. The molecule has 1 fully saturated rings. The highest BCUT2D eigenvalue weighted by molar-refractivity contribution is 5.98. The molecular weight excluding hydrogens is 250 g/mol. The minimum Gasteiger partial charge on any atom is -0.397 e. The molecule has 2 heterocycles. The van der Waals surface area contributed by atoms with Gasteiger partial charge in [0.25, 0.3) is 0 Å². The van der Waals surface area contributed by atoms with E-state index in [1.807, 2.05) is 18.2 Å². The van der Waals surface area contributed by atoms with Crippen molar-refractivity contribution in [1.29, 1.82) is 0 Å². The van der Waals surface area contributed by atoms with E-state index in [-0.39, 0.29) is 0 Å². The zero-order chi connectivity index (χ0) is 13.9. The molecule has 0 aliphatic carbocycles. The fraction of sp³-hybridized carbons (Fsp3) is 0.438. The summed E-state index contributed by atoms with van der Waals surface area (Å²) in [4.78, 5) is 4.36. The van der Waals surface area contributed by atoms with Crippen molar-refractivity contribution in [2.45, 2.75) is 25.9 Å². The van der Waals surface area contributed by atoms with Crippen LogP contribution in [0.25, 0.3) is 10.9 Å². The molecule has 1 saturated heterocycles. The molecule has 1 aromatic carbocycles. The largest absolute Gasteiger partial charge is 0.397 e. The maximum atomic E-state index is 5.98. The minimum absolute atomic E-state index is 0.390. The highest BCUT2D eigenvalue weighted by Crippen LogP contribution is 2.28. The molecule has 0 spiro atoms. The number of rotatable bonds is 4. The molecule has 2 unspecified atom stereocenters.